The van der Waals surface area contributed by atoms with Crippen molar-refractivity contribution in [3.63, 3.8) is 0 Å². The van der Waals surface area contributed by atoms with Crippen LogP contribution in [-0.2, 0) is 4.79 Å². The van der Waals surface area contributed by atoms with Gasteiger partial charge in [0.15, 0.2) is 5.17 Å². The van der Waals surface area contributed by atoms with Crippen LogP contribution in [0.1, 0.15) is 19.4 Å². The van der Waals surface area contributed by atoms with Crippen molar-refractivity contribution in [3.05, 3.63) is 71.1 Å². The van der Waals surface area contributed by atoms with Crippen LogP contribution in [0, 0.1) is 0 Å². The van der Waals surface area contributed by atoms with Crippen LogP contribution in [0.2, 0.25) is 0 Å². The Bertz CT molecular complexity index is 1140. The molecule has 0 spiro atoms. The molecular weight excluding hydrogens is 396 g/mol. The molecule has 0 aromatic heterocycles. The van der Waals surface area contributed by atoms with Gasteiger partial charge in [-0.25, -0.2) is 4.99 Å². The third-order valence-corrected chi connectivity index (χ3v) is 5.40. The molecule has 0 saturated carbocycles. The van der Waals surface area contributed by atoms with E-state index in [0.717, 1.165) is 27.8 Å². The molecule has 4 rings (SSSR count). The number of hydrogen-bond acceptors (Lipinski definition) is 5. The summed E-state index contributed by atoms with van der Waals surface area (Å²) >= 11 is 1.32. The SMILES string of the molecule is CCOc1cc2c(OCC)cccc2cc1C=C1SC(=Nc2ccccc2)NC1=O. The summed E-state index contributed by atoms with van der Waals surface area (Å²) in [6.07, 6.45) is 1.85. The lowest BCUT2D eigenvalue weighted by molar-refractivity contribution is -0.115. The van der Waals surface area contributed by atoms with Crippen LogP contribution in [0.4, 0.5) is 5.69 Å². The number of hydrogen-bond donors (Lipinski definition) is 1. The molecule has 5 nitrogen and oxygen atoms in total. The molecule has 6 heteroatoms. The van der Waals surface area contributed by atoms with Gasteiger partial charge in [-0.2, -0.15) is 0 Å². The second-order valence-electron chi connectivity index (χ2n) is 6.55. The number of rotatable bonds is 6. The summed E-state index contributed by atoms with van der Waals surface area (Å²) in [6.45, 7) is 5.02. The highest BCUT2D eigenvalue weighted by Gasteiger charge is 2.24. The van der Waals surface area contributed by atoms with E-state index >= 15 is 0 Å². The van der Waals surface area contributed by atoms with Crippen molar-refractivity contribution in [2.24, 2.45) is 4.99 Å². The predicted octanol–water partition coefficient (Wildman–Crippen LogP) is 5.53. The van der Waals surface area contributed by atoms with Crippen molar-refractivity contribution in [1.82, 2.24) is 5.32 Å². The summed E-state index contributed by atoms with van der Waals surface area (Å²) in [5, 5.41) is 5.41. The monoisotopic (exact) mass is 418 g/mol. The molecule has 1 aliphatic heterocycles. The first-order valence-electron chi connectivity index (χ1n) is 9.85. The van der Waals surface area contributed by atoms with E-state index in [-0.39, 0.29) is 5.91 Å². The molecule has 1 heterocycles. The van der Waals surface area contributed by atoms with Gasteiger partial charge in [0.1, 0.15) is 11.5 Å². The van der Waals surface area contributed by atoms with Crippen LogP contribution in [0.25, 0.3) is 16.8 Å². The van der Waals surface area contributed by atoms with Gasteiger partial charge in [-0.15, -0.1) is 0 Å². The van der Waals surface area contributed by atoms with Crippen LogP contribution in [-0.4, -0.2) is 24.3 Å². The van der Waals surface area contributed by atoms with Crippen molar-refractivity contribution in [1.29, 1.82) is 0 Å². The van der Waals surface area contributed by atoms with Gasteiger partial charge in [-0.1, -0.05) is 30.3 Å². The molecule has 3 aromatic carbocycles. The lowest BCUT2D eigenvalue weighted by Gasteiger charge is -2.12. The molecule has 30 heavy (non-hydrogen) atoms. The first kappa shape index (κ1) is 20.0. The number of para-hydroxylation sites is 1. The third-order valence-electron chi connectivity index (χ3n) is 4.49. The van der Waals surface area contributed by atoms with E-state index in [1.54, 1.807) is 0 Å². The summed E-state index contributed by atoms with van der Waals surface area (Å²) in [4.78, 5) is 17.6. The van der Waals surface area contributed by atoms with Crippen molar-refractivity contribution >= 4 is 45.4 Å². The highest BCUT2D eigenvalue weighted by atomic mass is 32.2. The van der Waals surface area contributed by atoms with Crippen molar-refractivity contribution in [2.45, 2.75) is 13.8 Å². The van der Waals surface area contributed by atoms with Crippen LogP contribution >= 0.6 is 11.8 Å². The molecule has 1 fully saturated rings. The van der Waals surface area contributed by atoms with E-state index in [1.807, 2.05) is 80.6 Å². The van der Waals surface area contributed by atoms with Gasteiger partial charge in [0.05, 0.1) is 23.8 Å². The summed E-state index contributed by atoms with van der Waals surface area (Å²) in [5.74, 6) is 1.37. The fourth-order valence-corrected chi connectivity index (χ4v) is 4.04. The van der Waals surface area contributed by atoms with E-state index < -0.39 is 0 Å². The Morgan fingerprint density at radius 1 is 0.967 bits per heavy atom. The number of amides is 1. The molecule has 0 unspecified atom stereocenters. The number of carbonyl (C=O) groups excluding carboxylic acids is 1. The quantitative estimate of drug-likeness (QED) is 0.535. The molecule has 1 aliphatic rings. The number of nitrogens with zero attached hydrogens (tertiary/aromatic N) is 1. The van der Waals surface area contributed by atoms with Crippen molar-refractivity contribution in [3.8, 4) is 11.5 Å². The van der Waals surface area contributed by atoms with Gasteiger partial charge in [-0.05, 0) is 67.4 Å². The normalized spacial score (nSPS) is 16.3. The Morgan fingerprint density at radius 3 is 2.50 bits per heavy atom. The second-order valence-corrected chi connectivity index (χ2v) is 7.58. The van der Waals surface area contributed by atoms with Crippen LogP contribution in [0.5, 0.6) is 11.5 Å². The first-order chi connectivity index (χ1) is 14.7. The number of aliphatic imine (C=N–C) groups is 1. The first-order valence-corrected chi connectivity index (χ1v) is 10.7. The van der Waals surface area contributed by atoms with Gasteiger partial charge in [0.2, 0.25) is 0 Å². The number of nitrogens with one attached hydrogen (secondary N) is 1. The maximum absolute atomic E-state index is 12.5. The zero-order valence-corrected chi connectivity index (χ0v) is 17.7. The average Bonchev–Trinajstić information content (AvgIpc) is 3.08. The molecule has 0 bridgehead atoms. The highest BCUT2D eigenvalue weighted by Crippen LogP contribution is 2.36. The predicted molar refractivity (Wildman–Crippen MR) is 124 cm³/mol. The number of benzene rings is 3. The Kier molecular flexibility index (Phi) is 6.05. The van der Waals surface area contributed by atoms with E-state index in [4.69, 9.17) is 9.47 Å². The van der Waals surface area contributed by atoms with E-state index in [0.29, 0.717) is 29.0 Å². The number of ether oxygens (including phenoxy) is 2. The van der Waals surface area contributed by atoms with Gasteiger partial charge < -0.3 is 14.8 Å². The molecule has 0 aliphatic carbocycles. The third kappa shape index (κ3) is 4.33. The zero-order chi connectivity index (χ0) is 20.9. The van der Waals surface area contributed by atoms with Crippen LogP contribution in [0.15, 0.2) is 70.6 Å². The molecule has 1 saturated heterocycles. The molecule has 1 amide bonds. The smallest absolute Gasteiger partial charge is 0.264 e. The Balaban J connectivity index is 1.71. The Labute approximate surface area is 179 Å². The van der Waals surface area contributed by atoms with E-state index in [1.165, 1.54) is 11.8 Å². The second kappa shape index (κ2) is 9.05. The van der Waals surface area contributed by atoms with E-state index in [2.05, 4.69) is 10.3 Å². The molecule has 3 aromatic rings. The summed E-state index contributed by atoms with van der Waals surface area (Å²) in [6, 6.07) is 19.5. The molecular formula is C24H22N2O3S. The Hall–Kier alpha value is -3.25. The molecule has 0 radical (unpaired) electrons. The summed E-state index contributed by atoms with van der Waals surface area (Å²) < 4.78 is 11.6. The van der Waals surface area contributed by atoms with E-state index in [9.17, 15) is 4.79 Å². The maximum atomic E-state index is 12.5. The minimum atomic E-state index is -0.166. The number of amidine groups is 1. The van der Waals surface area contributed by atoms with Gasteiger partial charge in [-0.3, -0.25) is 4.79 Å². The highest BCUT2D eigenvalue weighted by molar-refractivity contribution is 8.18. The fourth-order valence-electron chi connectivity index (χ4n) is 3.21. The Morgan fingerprint density at radius 2 is 1.73 bits per heavy atom. The standard InChI is InChI=1S/C24H22N2O3S/c1-3-28-20-12-8-9-16-13-17(21(29-4-2)15-19(16)20)14-22-23(27)26-24(30-22)25-18-10-6-5-7-11-18/h5-15H,3-4H2,1-2H3,(H,25,26,27). The van der Waals surface area contributed by atoms with Crippen molar-refractivity contribution < 1.29 is 14.3 Å². The summed E-state index contributed by atoms with van der Waals surface area (Å²) in [5.41, 5.74) is 1.64. The van der Waals surface area contributed by atoms with Crippen LogP contribution in [0.3, 0.4) is 0 Å². The van der Waals surface area contributed by atoms with Crippen molar-refractivity contribution in [2.75, 3.05) is 13.2 Å². The maximum Gasteiger partial charge on any atom is 0.264 e. The van der Waals surface area contributed by atoms with Gasteiger partial charge in [0, 0.05) is 10.9 Å². The van der Waals surface area contributed by atoms with Crippen LogP contribution < -0.4 is 14.8 Å². The average molecular weight is 419 g/mol. The lowest BCUT2D eigenvalue weighted by Crippen LogP contribution is -2.19. The fraction of sp³-hybridized carbons (Fsp3) is 0.167. The number of fused-ring (bicyclic) bond motifs is 1. The zero-order valence-electron chi connectivity index (χ0n) is 16.8. The van der Waals surface area contributed by atoms with Gasteiger partial charge >= 0.3 is 0 Å². The topological polar surface area (TPSA) is 59.9 Å². The minimum Gasteiger partial charge on any atom is -0.493 e. The molecule has 0 atom stereocenters. The summed E-state index contributed by atoms with van der Waals surface area (Å²) in [7, 11) is 0. The number of carbonyl (C=O) groups is 1. The molecule has 1 N–H and O–H groups in total. The molecule has 152 valence electrons. The largest absolute Gasteiger partial charge is 0.493 e. The number of thioether (sulfide) groups is 1. The lowest BCUT2D eigenvalue weighted by atomic mass is 10.0. The van der Waals surface area contributed by atoms with Gasteiger partial charge in [0.25, 0.3) is 5.91 Å². The minimum absolute atomic E-state index is 0.166.